The number of nitrogens with zero attached hydrogens (tertiary/aromatic N) is 4. The van der Waals surface area contributed by atoms with Gasteiger partial charge in [0.05, 0.1) is 19.8 Å². The Hall–Kier alpha value is -1.34. The smallest absolute Gasteiger partial charge is 0.241 e. The number of hydrazine groups is 1. The van der Waals surface area contributed by atoms with Crippen molar-refractivity contribution in [1.82, 2.24) is 35.8 Å². The number of carbonyl (C=O) groups excluding carboxylic acids is 2. The second-order valence-corrected chi connectivity index (χ2v) is 17.1. The summed E-state index contributed by atoms with van der Waals surface area (Å²) in [6.45, 7) is 19.3. The average Bonchev–Trinajstić information content (AvgIpc) is 3.28. The van der Waals surface area contributed by atoms with Crippen LogP contribution in [0.1, 0.15) is 73.1 Å². The van der Waals surface area contributed by atoms with Crippen molar-refractivity contribution in [3.05, 3.63) is 0 Å². The highest BCUT2D eigenvalue weighted by atomic mass is 16.5. The van der Waals surface area contributed by atoms with E-state index in [0.29, 0.717) is 42.6 Å². The summed E-state index contributed by atoms with van der Waals surface area (Å²) in [5.41, 5.74) is 10.3. The van der Waals surface area contributed by atoms with Gasteiger partial charge in [-0.1, -0.05) is 0 Å². The quantitative estimate of drug-likeness (QED) is 0.307. The van der Waals surface area contributed by atoms with Crippen molar-refractivity contribution in [2.24, 2.45) is 28.4 Å². The molecule has 8 rings (SSSR count). The van der Waals surface area contributed by atoms with Gasteiger partial charge in [0.25, 0.3) is 0 Å². The molecule has 8 aliphatic rings. The van der Waals surface area contributed by atoms with Gasteiger partial charge in [0, 0.05) is 85.8 Å². The molecule has 5 N–H and O–H groups in total. The average molecular weight is 629 g/mol. The fourth-order valence-corrected chi connectivity index (χ4v) is 10.0. The summed E-state index contributed by atoms with van der Waals surface area (Å²) < 4.78 is 6.45. The molecular formula is C34H60N8O3. The fraction of sp³-hybridized carbons (Fsp3) is 0.941. The van der Waals surface area contributed by atoms with E-state index in [4.69, 9.17) is 10.5 Å². The minimum Gasteiger partial charge on any atom is -0.377 e. The molecule has 6 heterocycles. The van der Waals surface area contributed by atoms with Gasteiger partial charge in [-0.05, 0) is 91.5 Å². The number of nitrogens with one attached hydrogen (secondary N) is 3. The summed E-state index contributed by atoms with van der Waals surface area (Å²) in [5.74, 6) is 1.06. The van der Waals surface area contributed by atoms with E-state index in [9.17, 15) is 9.59 Å². The first-order valence-corrected chi connectivity index (χ1v) is 18.1. The molecular weight excluding hydrogens is 568 g/mol. The van der Waals surface area contributed by atoms with Crippen molar-refractivity contribution in [3.8, 4) is 0 Å². The van der Waals surface area contributed by atoms with E-state index in [1.54, 1.807) is 0 Å². The molecule has 0 aromatic heterocycles. The summed E-state index contributed by atoms with van der Waals surface area (Å²) in [5, 5.41) is 8.66. The topological polar surface area (TPSA) is 118 Å². The Labute approximate surface area is 270 Å². The second-order valence-electron chi connectivity index (χ2n) is 17.1. The number of amides is 2. The minimum absolute atomic E-state index is 0.00295. The van der Waals surface area contributed by atoms with E-state index in [1.807, 2.05) is 0 Å². The zero-order valence-corrected chi connectivity index (χ0v) is 28.5. The van der Waals surface area contributed by atoms with Gasteiger partial charge in [0.15, 0.2) is 0 Å². The Morgan fingerprint density at radius 1 is 1.02 bits per heavy atom. The Bertz CT molecular complexity index is 1120. The summed E-state index contributed by atoms with van der Waals surface area (Å²) >= 11 is 0. The summed E-state index contributed by atoms with van der Waals surface area (Å²) in [6, 6.07) is 1.54. The van der Waals surface area contributed by atoms with Crippen LogP contribution in [0.25, 0.3) is 0 Å². The van der Waals surface area contributed by atoms with Gasteiger partial charge in [0.1, 0.15) is 6.04 Å². The lowest BCUT2D eigenvalue weighted by Gasteiger charge is -2.58. The van der Waals surface area contributed by atoms with Crippen LogP contribution in [0.4, 0.5) is 0 Å². The van der Waals surface area contributed by atoms with Crippen LogP contribution in [0.15, 0.2) is 0 Å². The molecule has 11 nitrogen and oxygen atoms in total. The molecule has 2 aliphatic carbocycles. The molecule has 2 spiro atoms. The molecule has 2 saturated carbocycles. The normalized spacial score (nSPS) is 39.6. The maximum atomic E-state index is 13.7. The molecule has 5 unspecified atom stereocenters. The molecule has 11 heteroatoms. The Morgan fingerprint density at radius 3 is 2.44 bits per heavy atom. The standard InChI is InChI=1S/C34H60N8O3/c1-22(2)39-15-29(34(20-39)8-9-34)37-30(43)13-36-31(44)27-16-45-21-32(5,41-14-24-10-28(41)26(24)12-35)11-25-6-7-33(19-42(25)38-27)17-40(18-33)23(3)4/h22-29,38H,6-21,35H2,1-5H3,(H,36,44)(H,37,43)/t24?,25?,26?,27-,28?,29-,32?/m0/s1. The van der Waals surface area contributed by atoms with Crippen LogP contribution >= 0.6 is 0 Å². The van der Waals surface area contributed by atoms with Crippen LogP contribution in [0.3, 0.4) is 0 Å². The van der Waals surface area contributed by atoms with Crippen molar-refractivity contribution in [2.75, 3.05) is 65.6 Å². The van der Waals surface area contributed by atoms with Crippen LogP contribution in [0, 0.1) is 22.7 Å². The van der Waals surface area contributed by atoms with Gasteiger partial charge in [-0.15, -0.1) is 0 Å². The predicted molar refractivity (Wildman–Crippen MR) is 174 cm³/mol. The van der Waals surface area contributed by atoms with Gasteiger partial charge in [-0.3, -0.25) is 24.3 Å². The van der Waals surface area contributed by atoms with Gasteiger partial charge in [-0.25, -0.2) is 10.4 Å². The molecule has 6 saturated heterocycles. The molecule has 45 heavy (non-hydrogen) atoms. The molecule has 8 fully saturated rings. The van der Waals surface area contributed by atoms with E-state index in [-0.39, 0.29) is 47.4 Å². The zero-order valence-electron chi connectivity index (χ0n) is 28.5. The first kappa shape index (κ1) is 32.2. The molecule has 7 atom stereocenters. The summed E-state index contributed by atoms with van der Waals surface area (Å²) in [7, 11) is 0. The van der Waals surface area contributed by atoms with Gasteiger partial charge in [0.2, 0.25) is 11.8 Å². The van der Waals surface area contributed by atoms with E-state index < -0.39 is 6.04 Å². The molecule has 6 aliphatic heterocycles. The van der Waals surface area contributed by atoms with Crippen LogP contribution < -0.4 is 21.8 Å². The molecule has 254 valence electrons. The van der Waals surface area contributed by atoms with Gasteiger partial charge in [-0.2, -0.15) is 0 Å². The predicted octanol–water partition coefficient (Wildman–Crippen LogP) is 0.598. The third-order valence-corrected chi connectivity index (χ3v) is 13.3. The Morgan fingerprint density at radius 2 is 1.78 bits per heavy atom. The van der Waals surface area contributed by atoms with Crippen LogP contribution in [-0.4, -0.2) is 139 Å². The van der Waals surface area contributed by atoms with Crippen molar-refractivity contribution in [2.45, 2.75) is 115 Å². The van der Waals surface area contributed by atoms with Gasteiger partial charge >= 0.3 is 0 Å². The number of likely N-dealkylation sites (tertiary alicyclic amines) is 2. The van der Waals surface area contributed by atoms with Crippen molar-refractivity contribution < 1.29 is 14.3 Å². The zero-order chi connectivity index (χ0) is 31.7. The van der Waals surface area contributed by atoms with Crippen LogP contribution in [0.2, 0.25) is 0 Å². The second kappa shape index (κ2) is 12.0. The summed E-state index contributed by atoms with van der Waals surface area (Å²) in [6.07, 6.45) is 6.95. The lowest BCUT2D eigenvalue weighted by molar-refractivity contribution is -0.133. The Kier molecular flexibility index (Phi) is 8.57. The van der Waals surface area contributed by atoms with E-state index >= 15 is 0 Å². The molecule has 0 aromatic rings. The highest BCUT2D eigenvalue weighted by Crippen LogP contribution is 2.53. The fourth-order valence-electron chi connectivity index (χ4n) is 10.0. The number of fused-ring (bicyclic) bond motifs is 2. The number of piperidine rings is 1. The van der Waals surface area contributed by atoms with Crippen molar-refractivity contribution in [3.63, 3.8) is 0 Å². The first-order valence-electron chi connectivity index (χ1n) is 18.1. The SMILES string of the molecule is CC(C)N1CC2(CCC3CC(C)(N4CC5CC4C5CN)COC[C@@H](C(=O)NCC(=O)N[C@H]4CN(C(C)C)CC45CC5)NN3C2)C1. The highest BCUT2D eigenvalue weighted by molar-refractivity contribution is 5.87. The highest BCUT2D eigenvalue weighted by Gasteiger charge is 2.58. The molecule has 2 amide bonds. The monoisotopic (exact) mass is 628 g/mol. The van der Waals surface area contributed by atoms with Crippen molar-refractivity contribution >= 4 is 11.8 Å². The van der Waals surface area contributed by atoms with Crippen LogP contribution in [0.5, 0.6) is 0 Å². The minimum atomic E-state index is -0.541. The number of hydrogen-bond donors (Lipinski definition) is 4. The molecule has 0 aromatic carbocycles. The maximum Gasteiger partial charge on any atom is 0.241 e. The number of carbonyl (C=O) groups is 2. The molecule has 2 bridgehead atoms. The Balaban J connectivity index is 1.01. The van der Waals surface area contributed by atoms with E-state index in [0.717, 1.165) is 58.7 Å². The maximum absolute atomic E-state index is 13.7. The van der Waals surface area contributed by atoms with E-state index in [1.165, 1.54) is 25.7 Å². The largest absolute Gasteiger partial charge is 0.377 e. The van der Waals surface area contributed by atoms with Crippen molar-refractivity contribution in [1.29, 1.82) is 0 Å². The third-order valence-electron chi connectivity index (χ3n) is 13.3. The number of rotatable bonds is 8. The summed E-state index contributed by atoms with van der Waals surface area (Å²) in [4.78, 5) is 34.6. The van der Waals surface area contributed by atoms with Crippen LogP contribution in [-0.2, 0) is 14.3 Å². The lowest BCUT2D eigenvalue weighted by atomic mass is 9.70. The number of hydrogen-bond acceptors (Lipinski definition) is 9. The van der Waals surface area contributed by atoms with E-state index in [2.05, 4.69) is 70.4 Å². The first-order chi connectivity index (χ1) is 21.4. The molecule has 0 radical (unpaired) electrons. The van der Waals surface area contributed by atoms with Gasteiger partial charge < -0.3 is 21.1 Å². The third kappa shape index (κ3) is 5.97. The lowest BCUT2D eigenvalue weighted by Crippen LogP contribution is -2.69. The number of ether oxygens (including phenoxy) is 1. The number of nitrogens with two attached hydrogens (primary N) is 1.